The average molecular weight is 200 g/mol. The summed E-state index contributed by atoms with van der Waals surface area (Å²) in [6, 6.07) is 6.69. The van der Waals surface area contributed by atoms with Crippen molar-refractivity contribution in [1.29, 1.82) is 0 Å². The van der Waals surface area contributed by atoms with E-state index in [4.69, 9.17) is 11.6 Å². The fourth-order valence-electron chi connectivity index (χ4n) is 0.725. The summed E-state index contributed by atoms with van der Waals surface area (Å²) < 4.78 is 0. The Morgan fingerprint density at radius 3 is 2.46 bits per heavy atom. The van der Waals surface area contributed by atoms with E-state index in [2.05, 4.69) is 16.2 Å². The van der Waals surface area contributed by atoms with Gasteiger partial charge in [0.05, 0.1) is 5.69 Å². The van der Waals surface area contributed by atoms with Gasteiger partial charge in [-0.3, -0.25) is 10.9 Å². The van der Waals surface area contributed by atoms with Crippen LogP contribution in [0.25, 0.3) is 0 Å². The molecule has 0 fully saturated rings. The lowest BCUT2D eigenvalue weighted by Gasteiger charge is -2.07. The molecular weight excluding hydrogens is 190 g/mol. The summed E-state index contributed by atoms with van der Waals surface area (Å²) in [5.74, 6) is 0. The molecule has 1 aromatic carbocycles. The van der Waals surface area contributed by atoms with E-state index in [0.29, 0.717) is 5.02 Å². The van der Waals surface area contributed by atoms with Crippen LogP contribution < -0.4 is 16.2 Å². The zero-order chi connectivity index (χ0) is 9.68. The van der Waals surface area contributed by atoms with Gasteiger partial charge < -0.3 is 5.32 Å². The van der Waals surface area contributed by atoms with Crippen LogP contribution >= 0.6 is 11.6 Å². The number of anilines is 1. The van der Waals surface area contributed by atoms with Crippen LogP contribution in [-0.4, -0.2) is 13.1 Å². The number of urea groups is 1. The van der Waals surface area contributed by atoms with Crippen molar-refractivity contribution in [3.05, 3.63) is 29.3 Å². The Balaban J connectivity index is 2.46. The summed E-state index contributed by atoms with van der Waals surface area (Å²) in [6.07, 6.45) is 0. The Morgan fingerprint density at radius 2 is 1.92 bits per heavy atom. The molecule has 0 atom stereocenters. The van der Waals surface area contributed by atoms with Crippen LogP contribution in [0.2, 0.25) is 5.02 Å². The number of hydrogen-bond donors (Lipinski definition) is 3. The highest BCUT2D eigenvalue weighted by Crippen LogP contribution is 2.12. The highest BCUT2D eigenvalue weighted by Gasteiger charge is 1.94. The topological polar surface area (TPSA) is 53.2 Å². The summed E-state index contributed by atoms with van der Waals surface area (Å²) in [4.78, 5) is 10.7. The molecule has 0 spiro atoms. The van der Waals surface area contributed by atoms with Crippen molar-refractivity contribution in [2.24, 2.45) is 0 Å². The van der Waals surface area contributed by atoms with E-state index in [1.807, 2.05) is 0 Å². The second-order valence-electron chi connectivity index (χ2n) is 2.34. The van der Waals surface area contributed by atoms with Gasteiger partial charge in [-0.2, -0.15) is 0 Å². The predicted molar refractivity (Wildman–Crippen MR) is 52.7 cm³/mol. The standard InChI is InChI=1S/C8H10ClN3O/c1-10-8(13)12-11-7-4-2-6(9)3-5-7/h2-5,11H,1H3,(H2,10,12,13). The molecule has 0 aliphatic carbocycles. The van der Waals surface area contributed by atoms with Gasteiger partial charge in [0, 0.05) is 12.1 Å². The van der Waals surface area contributed by atoms with E-state index in [0.717, 1.165) is 5.69 Å². The SMILES string of the molecule is CNC(=O)NNc1ccc(Cl)cc1. The Hall–Kier alpha value is -1.42. The maximum Gasteiger partial charge on any atom is 0.333 e. The van der Waals surface area contributed by atoms with E-state index < -0.39 is 0 Å². The van der Waals surface area contributed by atoms with Gasteiger partial charge in [0.2, 0.25) is 0 Å². The first kappa shape index (κ1) is 9.67. The van der Waals surface area contributed by atoms with E-state index >= 15 is 0 Å². The molecule has 0 heterocycles. The van der Waals surface area contributed by atoms with Gasteiger partial charge in [-0.25, -0.2) is 4.79 Å². The normalized spacial score (nSPS) is 9.08. The molecular formula is C8H10ClN3O. The van der Waals surface area contributed by atoms with Crippen molar-refractivity contribution in [2.75, 3.05) is 12.5 Å². The molecule has 0 aromatic heterocycles. The van der Waals surface area contributed by atoms with E-state index in [9.17, 15) is 4.79 Å². The number of halogens is 1. The number of hydrazine groups is 1. The molecule has 0 saturated heterocycles. The van der Waals surface area contributed by atoms with Crippen LogP contribution in [0.15, 0.2) is 24.3 Å². The highest BCUT2D eigenvalue weighted by molar-refractivity contribution is 6.30. The minimum absolute atomic E-state index is 0.296. The van der Waals surface area contributed by atoms with Gasteiger partial charge in [0.15, 0.2) is 0 Å². The largest absolute Gasteiger partial charge is 0.340 e. The molecule has 0 bridgehead atoms. The maximum absolute atomic E-state index is 10.7. The maximum atomic E-state index is 10.7. The minimum Gasteiger partial charge on any atom is -0.340 e. The first-order chi connectivity index (χ1) is 6.22. The number of carbonyl (C=O) groups is 1. The number of carbonyl (C=O) groups excluding carboxylic acids is 1. The molecule has 5 heteroatoms. The highest BCUT2D eigenvalue weighted by atomic mass is 35.5. The number of hydrogen-bond acceptors (Lipinski definition) is 2. The van der Waals surface area contributed by atoms with Crippen molar-refractivity contribution >= 4 is 23.3 Å². The van der Waals surface area contributed by atoms with Gasteiger partial charge in [0.1, 0.15) is 0 Å². The third-order valence-corrected chi connectivity index (χ3v) is 1.64. The Morgan fingerprint density at radius 1 is 1.31 bits per heavy atom. The number of rotatable bonds is 2. The van der Waals surface area contributed by atoms with E-state index in [1.54, 1.807) is 31.3 Å². The predicted octanol–water partition coefficient (Wildman–Crippen LogP) is 1.60. The van der Waals surface area contributed by atoms with Crippen molar-refractivity contribution in [2.45, 2.75) is 0 Å². The second-order valence-corrected chi connectivity index (χ2v) is 2.77. The van der Waals surface area contributed by atoms with Crippen LogP contribution in [0.3, 0.4) is 0 Å². The summed E-state index contributed by atoms with van der Waals surface area (Å²) in [6.45, 7) is 0. The Kier molecular flexibility index (Phi) is 3.40. The quantitative estimate of drug-likeness (QED) is 0.634. The smallest absolute Gasteiger partial charge is 0.333 e. The zero-order valence-electron chi connectivity index (χ0n) is 7.10. The van der Waals surface area contributed by atoms with E-state index in [-0.39, 0.29) is 6.03 Å². The number of nitrogens with one attached hydrogen (secondary N) is 3. The molecule has 2 amide bonds. The van der Waals surface area contributed by atoms with Crippen molar-refractivity contribution in [3.63, 3.8) is 0 Å². The zero-order valence-corrected chi connectivity index (χ0v) is 7.85. The monoisotopic (exact) mass is 199 g/mol. The molecule has 13 heavy (non-hydrogen) atoms. The molecule has 1 aromatic rings. The average Bonchev–Trinajstić information content (AvgIpc) is 2.16. The van der Waals surface area contributed by atoms with Crippen molar-refractivity contribution in [3.8, 4) is 0 Å². The first-order valence-electron chi connectivity index (χ1n) is 3.71. The van der Waals surface area contributed by atoms with Crippen LogP contribution in [0, 0.1) is 0 Å². The van der Waals surface area contributed by atoms with Gasteiger partial charge >= 0.3 is 6.03 Å². The lowest BCUT2D eigenvalue weighted by Crippen LogP contribution is -2.36. The van der Waals surface area contributed by atoms with Crippen molar-refractivity contribution < 1.29 is 4.79 Å². The third kappa shape index (κ3) is 3.21. The van der Waals surface area contributed by atoms with Gasteiger partial charge in [-0.15, -0.1) is 0 Å². The third-order valence-electron chi connectivity index (χ3n) is 1.39. The Bertz CT molecular complexity index is 286. The summed E-state index contributed by atoms with van der Waals surface area (Å²) in [5.41, 5.74) is 5.90. The van der Waals surface area contributed by atoms with Crippen LogP contribution in [-0.2, 0) is 0 Å². The van der Waals surface area contributed by atoms with Gasteiger partial charge in [-0.05, 0) is 24.3 Å². The Labute approximate surface area is 81.2 Å². The molecule has 3 N–H and O–H groups in total. The molecule has 0 unspecified atom stereocenters. The molecule has 4 nitrogen and oxygen atoms in total. The fourth-order valence-corrected chi connectivity index (χ4v) is 0.851. The number of amides is 2. The fraction of sp³-hybridized carbons (Fsp3) is 0.125. The lowest BCUT2D eigenvalue weighted by molar-refractivity contribution is 0.245. The number of benzene rings is 1. The van der Waals surface area contributed by atoms with Crippen LogP contribution in [0.1, 0.15) is 0 Å². The minimum atomic E-state index is -0.296. The molecule has 1 rings (SSSR count). The molecule has 0 aliphatic heterocycles. The second kappa shape index (κ2) is 4.57. The molecule has 70 valence electrons. The molecule has 0 aliphatic rings. The van der Waals surface area contributed by atoms with Gasteiger partial charge in [0.25, 0.3) is 0 Å². The molecule has 0 saturated carbocycles. The molecule has 0 radical (unpaired) electrons. The van der Waals surface area contributed by atoms with Crippen LogP contribution in [0.5, 0.6) is 0 Å². The first-order valence-corrected chi connectivity index (χ1v) is 4.09. The lowest BCUT2D eigenvalue weighted by atomic mass is 10.3. The van der Waals surface area contributed by atoms with Gasteiger partial charge in [-0.1, -0.05) is 11.6 Å². The summed E-state index contributed by atoms with van der Waals surface area (Å²) in [5, 5.41) is 3.07. The van der Waals surface area contributed by atoms with Crippen LogP contribution in [0.4, 0.5) is 10.5 Å². The summed E-state index contributed by atoms with van der Waals surface area (Å²) in [7, 11) is 1.54. The van der Waals surface area contributed by atoms with E-state index in [1.165, 1.54) is 0 Å². The van der Waals surface area contributed by atoms with Crippen molar-refractivity contribution in [1.82, 2.24) is 10.7 Å². The summed E-state index contributed by atoms with van der Waals surface area (Å²) >= 11 is 5.67.